The third-order valence-corrected chi connectivity index (χ3v) is 2.97. The number of benzene rings is 1. The highest BCUT2D eigenvalue weighted by molar-refractivity contribution is 6.36. The Morgan fingerprint density at radius 3 is 2.45 bits per heavy atom. The lowest BCUT2D eigenvalue weighted by molar-refractivity contribution is -0.145. The van der Waals surface area contributed by atoms with Crippen LogP contribution in [0, 0.1) is 0 Å². The number of nitrogens with zero attached hydrogens (tertiary/aromatic N) is 1. The second-order valence-electron chi connectivity index (χ2n) is 4.10. The number of carbonyl (C=O) groups excluding carboxylic acids is 1. The van der Waals surface area contributed by atoms with E-state index in [4.69, 9.17) is 28.3 Å². The molecule has 1 aromatic carbocycles. The number of ketones is 1. The molecule has 0 aliphatic heterocycles. The fourth-order valence-electron chi connectivity index (χ4n) is 1.61. The molecule has 3 nitrogen and oxygen atoms in total. The predicted molar refractivity (Wildman–Crippen MR) is 70.4 cm³/mol. The SMILES string of the molecule is O=C(CN(CCO)CC(F)(F)F)c1ccc(Cl)cc1Cl. The van der Waals surface area contributed by atoms with Gasteiger partial charge in [0.05, 0.1) is 24.7 Å². The summed E-state index contributed by atoms with van der Waals surface area (Å²) in [7, 11) is 0. The number of carbonyl (C=O) groups is 1. The van der Waals surface area contributed by atoms with Crippen LogP contribution >= 0.6 is 23.2 Å². The van der Waals surface area contributed by atoms with Crippen LogP contribution in [0.3, 0.4) is 0 Å². The van der Waals surface area contributed by atoms with Crippen LogP contribution in [0.4, 0.5) is 13.2 Å². The highest BCUT2D eigenvalue weighted by Gasteiger charge is 2.31. The summed E-state index contributed by atoms with van der Waals surface area (Å²) in [6.45, 7) is -2.49. The molecule has 0 radical (unpaired) electrons. The fourth-order valence-corrected chi connectivity index (χ4v) is 2.13. The Labute approximate surface area is 123 Å². The Kier molecular flexibility index (Phi) is 6.26. The summed E-state index contributed by atoms with van der Waals surface area (Å²) in [5.74, 6) is -0.565. The van der Waals surface area contributed by atoms with E-state index in [1.165, 1.54) is 18.2 Å². The summed E-state index contributed by atoms with van der Waals surface area (Å²) >= 11 is 11.5. The van der Waals surface area contributed by atoms with Gasteiger partial charge in [-0.05, 0) is 18.2 Å². The molecule has 20 heavy (non-hydrogen) atoms. The number of aliphatic hydroxyl groups is 1. The second kappa shape index (κ2) is 7.26. The maximum absolute atomic E-state index is 12.3. The van der Waals surface area contributed by atoms with Gasteiger partial charge in [0.15, 0.2) is 5.78 Å². The van der Waals surface area contributed by atoms with Gasteiger partial charge in [-0.25, -0.2) is 0 Å². The van der Waals surface area contributed by atoms with Crippen molar-refractivity contribution in [1.29, 1.82) is 0 Å². The standard InChI is InChI=1S/C12H12Cl2F3NO2/c13-8-1-2-9(10(14)5-8)11(20)6-18(3-4-19)7-12(15,16)17/h1-2,5,19H,3-4,6-7H2. The van der Waals surface area contributed by atoms with Crippen molar-refractivity contribution in [2.24, 2.45) is 0 Å². The van der Waals surface area contributed by atoms with E-state index in [9.17, 15) is 18.0 Å². The van der Waals surface area contributed by atoms with E-state index in [2.05, 4.69) is 0 Å². The third-order valence-electron chi connectivity index (χ3n) is 2.42. The summed E-state index contributed by atoms with van der Waals surface area (Å²) in [5, 5.41) is 9.15. The maximum Gasteiger partial charge on any atom is 0.401 e. The highest BCUT2D eigenvalue weighted by atomic mass is 35.5. The summed E-state index contributed by atoms with van der Waals surface area (Å²) in [5.41, 5.74) is 0.0983. The second-order valence-corrected chi connectivity index (χ2v) is 4.94. The average Bonchev–Trinajstić information content (AvgIpc) is 2.26. The lowest BCUT2D eigenvalue weighted by Gasteiger charge is -2.22. The van der Waals surface area contributed by atoms with Crippen LogP contribution in [-0.2, 0) is 0 Å². The zero-order valence-corrected chi connectivity index (χ0v) is 11.8. The molecule has 112 valence electrons. The van der Waals surface area contributed by atoms with E-state index in [1.807, 2.05) is 0 Å². The monoisotopic (exact) mass is 329 g/mol. The minimum Gasteiger partial charge on any atom is -0.395 e. The molecule has 0 fully saturated rings. The van der Waals surface area contributed by atoms with Crippen LogP contribution in [0.15, 0.2) is 18.2 Å². The van der Waals surface area contributed by atoms with Crippen molar-refractivity contribution in [1.82, 2.24) is 4.90 Å². The number of rotatable bonds is 6. The molecule has 0 amide bonds. The average molecular weight is 330 g/mol. The lowest BCUT2D eigenvalue weighted by atomic mass is 10.1. The minimum absolute atomic E-state index is 0.0819. The number of hydrogen-bond acceptors (Lipinski definition) is 3. The lowest BCUT2D eigenvalue weighted by Crippen LogP contribution is -2.39. The first-order valence-electron chi connectivity index (χ1n) is 5.61. The van der Waals surface area contributed by atoms with Gasteiger partial charge >= 0.3 is 6.18 Å². The number of alkyl halides is 3. The van der Waals surface area contributed by atoms with Crippen LogP contribution in [-0.4, -0.2) is 48.2 Å². The Bertz CT molecular complexity index is 480. The molecule has 0 atom stereocenters. The largest absolute Gasteiger partial charge is 0.401 e. The molecule has 0 saturated heterocycles. The third kappa shape index (κ3) is 5.66. The number of aliphatic hydroxyl groups excluding tert-OH is 1. The van der Waals surface area contributed by atoms with E-state index < -0.39 is 31.7 Å². The van der Waals surface area contributed by atoms with Gasteiger partial charge < -0.3 is 5.11 Å². The van der Waals surface area contributed by atoms with Crippen molar-refractivity contribution in [2.45, 2.75) is 6.18 Å². The van der Waals surface area contributed by atoms with Gasteiger partial charge in [0.25, 0.3) is 0 Å². The van der Waals surface area contributed by atoms with Crippen molar-refractivity contribution in [2.75, 3.05) is 26.2 Å². The van der Waals surface area contributed by atoms with Crippen LogP contribution in [0.2, 0.25) is 10.0 Å². The van der Waals surface area contributed by atoms with Crippen LogP contribution in [0.5, 0.6) is 0 Å². The molecule has 8 heteroatoms. The molecule has 0 unspecified atom stereocenters. The summed E-state index contributed by atoms with van der Waals surface area (Å²) < 4.78 is 37.0. The number of Topliss-reactive ketones (excluding diaryl/α,β-unsaturated/α-hetero) is 1. The zero-order chi connectivity index (χ0) is 15.3. The van der Waals surface area contributed by atoms with Gasteiger partial charge in [0.1, 0.15) is 0 Å². The fraction of sp³-hybridized carbons (Fsp3) is 0.417. The highest BCUT2D eigenvalue weighted by Crippen LogP contribution is 2.22. The summed E-state index contributed by atoms with van der Waals surface area (Å²) in [6.07, 6.45) is -4.45. The molecule has 0 aliphatic rings. The predicted octanol–water partition coefficient (Wildman–Crippen LogP) is 3.03. The number of hydrogen-bond donors (Lipinski definition) is 1. The van der Waals surface area contributed by atoms with Gasteiger partial charge in [0.2, 0.25) is 0 Å². The Hall–Kier alpha value is -0.820. The molecule has 1 aromatic rings. The zero-order valence-electron chi connectivity index (χ0n) is 10.3. The van der Waals surface area contributed by atoms with Crippen molar-refractivity contribution < 1.29 is 23.1 Å². The first-order chi connectivity index (χ1) is 9.23. The molecule has 0 aliphatic carbocycles. The quantitative estimate of drug-likeness (QED) is 0.815. The molecule has 0 saturated carbocycles. The van der Waals surface area contributed by atoms with Crippen LogP contribution in [0.25, 0.3) is 0 Å². The smallest absolute Gasteiger partial charge is 0.395 e. The molecule has 1 rings (SSSR count). The van der Waals surface area contributed by atoms with Crippen molar-refractivity contribution in [3.8, 4) is 0 Å². The van der Waals surface area contributed by atoms with Gasteiger partial charge in [0, 0.05) is 17.1 Å². The maximum atomic E-state index is 12.3. The van der Waals surface area contributed by atoms with Crippen molar-refractivity contribution >= 4 is 29.0 Å². The first-order valence-corrected chi connectivity index (χ1v) is 6.37. The molecule has 0 spiro atoms. The Morgan fingerprint density at radius 1 is 1.30 bits per heavy atom. The van der Waals surface area contributed by atoms with E-state index in [0.717, 1.165) is 4.90 Å². The Balaban J connectivity index is 2.79. The Morgan fingerprint density at radius 2 is 1.95 bits per heavy atom. The van der Waals surface area contributed by atoms with E-state index in [0.29, 0.717) is 5.02 Å². The molecule has 0 aromatic heterocycles. The van der Waals surface area contributed by atoms with Crippen LogP contribution in [0.1, 0.15) is 10.4 Å². The van der Waals surface area contributed by atoms with Crippen LogP contribution < -0.4 is 0 Å². The molecule has 0 bridgehead atoms. The van der Waals surface area contributed by atoms with E-state index in [-0.39, 0.29) is 17.1 Å². The van der Waals surface area contributed by atoms with Crippen molar-refractivity contribution in [3.63, 3.8) is 0 Å². The normalized spacial score (nSPS) is 11.9. The van der Waals surface area contributed by atoms with E-state index >= 15 is 0 Å². The summed E-state index contributed by atoms with van der Waals surface area (Å²) in [4.78, 5) is 12.7. The van der Waals surface area contributed by atoms with Gasteiger partial charge in [-0.2, -0.15) is 13.2 Å². The molecule has 1 N–H and O–H groups in total. The minimum atomic E-state index is -4.45. The van der Waals surface area contributed by atoms with Gasteiger partial charge in [-0.15, -0.1) is 0 Å². The first kappa shape index (κ1) is 17.2. The van der Waals surface area contributed by atoms with E-state index in [1.54, 1.807) is 0 Å². The van der Waals surface area contributed by atoms with Gasteiger partial charge in [-0.1, -0.05) is 23.2 Å². The van der Waals surface area contributed by atoms with Crippen molar-refractivity contribution in [3.05, 3.63) is 33.8 Å². The topological polar surface area (TPSA) is 40.5 Å². The van der Waals surface area contributed by atoms with Gasteiger partial charge in [-0.3, -0.25) is 9.69 Å². The number of halogens is 5. The summed E-state index contributed by atoms with van der Waals surface area (Å²) in [6, 6.07) is 4.13. The molecule has 0 heterocycles. The molecular formula is C12H12Cl2F3NO2. The molecular weight excluding hydrogens is 318 g/mol.